The zero-order valence-corrected chi connectivity index (χ0v) is 20.2. The average Bonchev–Trinajstić information content (AvgIpc) is 3.36. The van der Waals surface area contributed by atoms with Gasteiger partial charge in [0.1, 0.15) is 6.07 Å². The Labute approximate surface area is 193 Å². The van der Waals surface area contributed by atoms with Crippen molar-refractivity contribution in [3.8, 4) is 6.07 Å². The Kier molecular flexibility index (Phi) is 5.91. The molecule has 1 unspecified atom stereocenters. The van der Waals surface area contributed by atoms with Crippen LogP contribution >= 0.6 is 0 Å². The van der Waals surface area contributed by atoms with Gasteiger partial charge in [0.25, 0.3) is 0 Å². The summed E-state index contributed by atoms with van der Waals surface area (Å²) in [4.78, 5) is 0. The van der Waals surface area contributed by atoms with E-state index in [1.807, 2.05) is 10.9 Å². The highest BCUT2D eigenvalue weighted by Crippen LogP contribution is 2.65. The minimum atomic E-state index is -0.586. The van der Waals surface area contributed by atoms with E-state index in [0.29, 0.717) is 29.4 Å². The maximum Gasteiger partial charge on any atom is 0.102 e. The van der Waals surface area contributed by atoms with Gasteiger partial charge in [0.15, 0.2) is 0 Å². The zero-order valence-electron chi connectivity index (χ0n) is 20.2. The van der Waals surface area contributed by atoms with Crippen LogP contribution < -0.4 is 0 Å². The standard InChI is InChI=1S/C27H41N3O2/c1-18(15-30-16-19(13-28)14-29-30)24-6-7-25-23-5-4-20-12-27(31,17-32-3)11-9-21(20)22(23)8-10-26(24,25)2/h14,16,18,20-25,31H,4-12,15,17H2,1-3H3/t18-,20+,21-,22+,23+,24+,25?,26+,27+/m0/s1. The van der Waals surface area contributed by atoms with Crippen molar-refractivity contribution in [2.45, 2.75) is 83.8 Å². The van der Waals surface area contributed by atoms with E-state index in [4.69, 9.17) is 10.00 Å². The second-order valence-corrected chi connectivity index (χ2v) is 12.1. The molecule has 0 radical (unpaired) electrons. The molecule has 1 N–H and O–H groups in total. The predicted octanol–water partition coefficient (Wildman–Crippen LogP) is 5.04. The van der Waals surface area contributed by atoms with E-state index >= 15 is 0 Å². The summed E-state index contributed by atoms with van der Waals surface area (Å²) in [6.45, 7) is 6.44. The molecule has 5 nitrogen and oxygen atoms in total. The third-order valence-corrected chi connectivity index (χ3v) is 10.5. The summed E-state index contributed by atoms with van der Waals surface area (Å²) in [5.41, 5.74) is 0.525. The molecule has 176 valence electrons. The summed E-state index contributed by atoms with van der Waals surface area (Å²) >= 11 is 0. The Morgan fingerprint density at radius 3 is 2.75 bits per heavy atom. The van der Waals surface area contributed by atoms with Crippen LogP contribution in [0.2, 0.25) is 0 Å². The summed E-state index contributed by atoms with van der Waals surface area (Å²) in [5.74, 6) is 5.47. The first kappa shape index (κ1) is 22.4. The van der Waals surface area contributed by atoms with Crippen LogP contribution in [0, 0.1) is 58.2 Å². The van der Waals surface area contributed by atoms with Crippen molar-refractivity contribution >= 4 is 0 Å². The minimum absolute atomic E-state index is 0.448. The van der Waals surface area contributed by atoms with Gasteiger partial charge in [-0.05, 0) is 105 Å². The van der Waals surface area contributed by atoms with E-state index in [2.05, 4.69) is 25.0 Å². The van der Waals surface area contributed by atoms with Crippen molar-refractivity contribution in [1.29, 1.82) is 5.26 Å². The van der Waals surface area contributed by atoms with Gasteiger partial charge in [-0.1, -0.05) is 13.8 Å². The summed E-state index contributed by atoms with van der Waals surface area (Å²) < 4.78 is 7.34. The second-order valence-electron chi connectivity index (χ2n) is 12.1. The largest absolute Gasteiger partial charge is 0.387 e. The maximum absolute atomic E-state index is 11.0. The fourth-order valence-corrected chi connectivity index (χ4v) is 9.28. The van der Waals surface area contributed by atoms with Crippen LogP contribution in [0.15, 0.2) is 12.4 Å². The lowest BCUT2D eigenvalue weighted by molar-refractivity contribution is -0.126. The molecule has 0 aliphatic heterocycles. The number of methoxy groups -OCH3 is 1. The number of nitriles is 1. The Morgan fingerprint density at radius 2 is 2.00 bits per heavy atom. The quantitative estimate of drug-likeness (QED) is 0.698. The molecule has 1 aromatic rings. The van der Waals surface area contributed by atoms with Crippen LogP contribution in [0.4, 0.5) is 0 Å². The number of aromatic nitrogens is 2. The molecule has 1 heterocycles. The van der Waals surface area contributed by atoms with Crippen LogP contribution in [0.3, 0.4) is 0 Å². The van der Waals surface area contributed by atoms with Gasteiger partial charge in [-0.3, -0.25) is 4.68 Å². The van der Waals surface area contributed by atoms with Crippen molar-refractivity contribution in [3.63, 3.8) is 0 Å². The molecule has 0 saturated heterocycles. The molecule has 0 bridgehead atoms. The molecule has 1 aromatic heterocycles. The number of aliphatic hydroxyl groups is 1. The number of fused-ring (bicyclic) bond motifs is 5. The van der Waals surface area contributed by atoms with Crippen molar-refractivity contribution in [2.75, 3.05) is 13.7 Å². The molecule has 32 heavy (non-hydrogen) atoms. The third-order valence-electron chi connectivity index (χ3n) is 10.5. The molecule has 4 fully saturated rings. The highest BCUT2D eigenvalue weighted by Gasteiger charge is 2.58. The maximum atomic E-state index is 11.0. The Balaban J connectivity index is 1.27. The molecular weight excluding hydrogens is 398 g/mol. The molecule has 4 aliphatic carbocycles. The van der Waals surface area contributed by atoms with Gasteiger partial charge in [0, 0.05) is 19.9 Å². The number of hydrogen-bond donors (Lipinski definition) is 1. The summed E-state index contributed by atoms with van der Waals surface area (Å²) in [6, 6.07) is 2.20. The van der Waals surface area contributed by atoms with Crippen LogP contribution in [0.5, 0.6) is 0 Å². The summed E-state index contributed by atoms with van der Waals surface area (Å²) in [5, 5.41) is 24.5. The Hall–Kier alpha value is -1.38. The molecule has 5 heteroatoms. The van der Waals surface area contributed by atoms with E-state index < -0.39 is 5.60 Å². The predicted molar refractivity (Wildman–Crippen MR) is 124 cm³/mol. The van der Waals surface area contributed by atoms with Crippen molar-refractivity contribution < 1.29 is 9.84 Å². The van der Waals surface area contributed by atoms with Crippen LogP contribution in [-0.4, -0.2) is 34.2 Å². The summed E-state index contributed by atoms with van der Waals surface area (Å²) in [6.07, 6.45) is 14.8. The molecule has 4 aliphatic rings. The Morgan fingerprint density at radius 1 is 1.19 bits per heavy atom. The van der Waals surface area contributed by atoms with Crippen molar-refractivity contribution in [2.24, 2.45) is 46.8 Å². The third kappa shape index (κ3) is 3.72. The van der Waals surface area contributed by atoms with Crippen LogP contribution in [0.25, 0.3) is 0 Å². The Bertz CT molecular complexity index is 861. The first-order chi connectivity index (χ1) is 15.4. The highest BCUT2D eigenvalue weighted by atomic mass is 16.5. The van der Waals surface area contributed by atoms with E-state index in [-0.39, 0.29) is 0 Å². The van der Waals surface area contributed by atoms with Gasteiger partial charge in [0.05, 0.1) is 24.0 Å². The minimum Gasteiger partial charge on any atom is -0.387 e. The fourth-order valence-electron chi connectivity index (χ4n) is 9.28. The number of hydrogen-bond acceptors (Lipinski definition) is 4. The highest BCUT2D eigenvalue weighted by molar-refractivity contribution is 5.21. The molecule has 0 spiro atoms. The van der Waals surface area contributed by atoms with Gasteiger partial charge in [-0.2, -0.15) is 10.4 Å². The van der Waals surface area contributed by atoms with E-state index in [9.17, 15) is 5.11 Å². The van der Waals surface area contributed by atoms with Gasteiger partial charge in [-0.15, -0.1) is 0 Å². The van der Waals surface area contributed by atoms with Crippen LogP contribution in [-0.2, 0) is 11.3 Å². The molecule has 0 amide bonds. The SMILES string of the molecule is COC[C@@]1(O)CC[C@H]2[C@H](CC[C@H]3C4CC[C@H]([C@@H](C)Cn5cc(C#N)cn5)[C@@]4(C)CC[C@H]23)C1. The molecule has 5 rings (SSSR count). The summed E-state index contributed by atoms with van der Waals surface area (Å²) in [7, 11) is 1.72. The zero-order chi connectivity index (χ0) is 22.5. The van der Waals surface area contributed by atoms with E-state index in [1.54, 1.807) is 13.3 Å². The molecular formula is C27H41N3O2. The van der Waals surface area contributed by atoms with Crippen molar-refractivity contribution in [1.82, 2.24) is 9.78 Å². The topological polar surface area (TPSA) is 71.1 Å². The number of ether oxygens (including phenoxy) is 1. The van der Waals surface area contributed by atoms with Crippen LogP contribution in [0.1, 0.15) is 77.2 Å². The number of nitrogens with zero attached hydrogens (tertiary/aromatic N) is 3. The number of rotatable bonds is 5. The van der Waals surface area contributed by atoms with Gasteiger partial charge in [-0.25, -0.2) is 0 Å². The lowest BCUT2D eigenvalue weighted by atomic mass is 9.48. The van der Waals surface area contributed by atoms with Gasteiger partial charge < -0.3 is 9.84 Å². The first-order valence-corrected chi connectivity index (χ1v) is 13.0. The molecule has 9 atom stereocenters. The monoisotopic (exact) mass is 439 g/mol. The lowest BCUT2D eigenvalue weighted by Gasteiger charge is -2.57. The lowest BCUT2D eigenvalue weighted by Crippen LogP contribution is -2.52. The molecule has 0 aromatic carbocycles. The van der Waals surface area contributed by atoms with Gasteiger partial charge >= 0.3 is 0 Å². The smallest absolute Gasteiger partial charge is 0.102 e. The second kappa shape index (κ2) is 8.44. The normalized spacial score (nSPS) is 44.2. The van der Waals surface area contributed by atoms with E-state index in [0.717, 1.165) is 49.0 Å². The average molecular weight is 440 g/mol. The first-order valence-electron chi connectivity index (χ1n) is 13.0. The van der Waals surface area contributed by atoms with E-state index in [1.165, 1.54) is 44.9 Å². The van der Waals surface area contributed by atoms with Gasteiger partial charge in [0.2, 0.25) is 0 Å². The van der Waals surface area contributed by atoms with Crippen molar-refractivity contribution in [3.05, 3.63) is 18.0 Å². The molecule has 4 saturated carbocycles. The fraction of sp³-hybridized carbons (Fsp3) is 0.852.